The lowest BCUT2D eigenvalue weighted by molar-refractivity contribution is -0.280. The molecule has 3 atom stereocenters. The van der Waals surface area contributed by atoms with Crippen LogP contribution in [0.1, 0.15) is 119 Å². The van der Waals surface area contributed by atoms with Crippen LogP contribution < -0.4 is 0 Å². The van der Waals surface area contributed by atoms with E-state index in [-0.39, 0.29) is 18.4 Å². The first-order valence-corrected chi connectivity index (χ1v) is 17.3. The zero-order valence-corrected chi connectivity index (χ0v) is 29.2. The molecule has 50 heavy (non-hydrogen) atoms. The Balaban J connectivity index is 1.95. The van der Waals surface area contributed by atoms with Gasteiger partial charge in [-0.1, -0.05) is 88.9 Å². The van der Waals surface area contributed by atoms with E-state index in [0.29, 0.717) is 18.9 Å². The number of methoxy groups -OCH3 is 1. The molecule has 0 heterocycles. The van der Waals surface area contributed by atoms with Crippen LogP contribution in [-0.4, -0.2) is 59.6 Å². The van der Waals surface area contributed by atoms with Crippen molar-refractivity contribution in [2.45, 2.75) is 121 Å². The number of carbonyl (C=O) groups excluding carboxylic acids is 2. The number of hydrogen-bond donors (Lipinski definition) is 2. The number of unbranched alkanes of at least 4 members (excludes halogenated alkanes) is 2. The Bertz CT molecular complexity index is 1420. The highest BCUT2D eigenvalue weighted by Crippen LogP contribution is 2.45. The molecule has 2 aromatic rings. The van der Waals surface area contributed by atoms with Gasteiger partial charge in [0.05, 0.1) is 12.0 Å². The zero-order chi connectivity index (χ0) is 37.1. The summed E-state index contributed by atoms with van der Waals surface area (Å²) in [4.78, 5) is 52.0. The van der Waals surface area contributed by atoms with E-state index in [1.807, 2.05) is 0 Å². The van der Waals surface area contributed by atoms with Gasteiger partial charge in [-0.25, -0.2) is 9.59 Å². The summed E-state index contributed by atoms with van der Waals surface area (Å²) in [6.45, 7) is 5.08. The van der Waals surface area contributed by atoms with Crippen LogP contribution in [0.15, 0.2) is 54.6 Å². The lowest BCUT2D eigenvalue weighted by atomic mass is 9.74. The summed E-state index contributed by atoms with van der Waals surface area (Å²) < 4.78 is 59.8. The molecule has 1 unspecified atom stereocenters. The SMILES string of the molecule is CCCCC[C@H]1CC[C@H](c2ccc(C(=O)O[C@@H]([C@@H](CC(=O)O)OC(=O)C(OC)(c3ccccc3)C(F)(F)F)C(CC)(CC)C(=O)O)cc2)CC1. The molecule has 9 nitrogen and oxygen atoms in total. The molecule has 1 aliphatic carbocycles. The fourth-order valence-electron chi connectivity index (χ4n) is 7.15. The number of benzene rings is 2. The van der Waals surface area contributed by atoms with E-state index in [1.54, 1.807) is 12.1 Å². The highest BCUT2D eigenvalue weighted by atomic mass is 19.4. The van der Waals surface area contributed by atoms with Crippen molar-refractivity contribution in [3.63, 3.8) is 0 Å². The number of carboxylic acids is 2. The van der Waals surface area contributed by atoms with Crippen LogP contribution in [0.5, 0.6) is 0 Å². The van der Waals surface area contributed by atoms with Gasteiger partial charge in [0.15, 0.2) is 12.2 Å². The van der Waals surface area contributed by atoms with E-state index in [1.165, 1.54) is 69.9 Å². The third kappa shape index (κ3) is 9.04. The molecule has 0 aromatic heterocycles. The van der Waals surface area contributed by atoms with Gasteiger partial charge < -0.3 is 24.4 Å². The first kappa shape index (κ1) is 40.5. The van der Waals surface area contributed by atoms with E-state index in [4.69, 9.17) is 14.2 Å². The Hall–Kier alpha value is -3.93. The largest absolute Gasteiger partial charge is 0.481 e. The van der Waals surface area contributed by atoms with Crippen LogP contribution in [-0.2, 0) is 34.2 Å². The summed E-state index contributed by atoms with van der Waals surface area (Å²) in [7, 11) is 0.647. The standard InChI is InChI=1S/C38H49F3O9/c1-5-8-10-13-25-16-18-26(19-17-25)27-20-22-28(23-21-27)33(44)50-32(36(6-2,7-3)34(45)46)30(24-31(42)43)49-35(47)37(48-4,38(39,40)41)29-14-11-9-12-15-29/h9,11-12,14-15,20-23,25-26,30,32H,5-8,10,13,16-19,24H2,1-4H3,(H,42,43)(H,45,46)/t25-,26-,30-,32+,37?/m1/s1. The number of halogens is 3. The number of esters is 2. The third-order valence-electron chi connectivity index (χ3n) is 10.3. The van der Waals surface area contributed by atoms with Crippen LogP contribution in [0, 0.1) is 11.3 Å². The molecule has 12 heteroatoms. The maximum absolute atomic E-state index is 14.7. The molecule has 0 spiro atoms. The predicted octanol–water partition coefficient (Wildman–Crippen LogP) is 8.45. The average molecular weight is 707 g/mol. The summed E-state index contributed by atoms with van der Waals surface area (Å²) in [5.41, 5.74) is -5.33. The Morgan fingerprint density at radius 2 is 1.44 bits per heavy atom. The van der Waals surface area contributed by atoms with E-state index in [0.717, 1.165) is 43.4 Å². The lowest BCUT2D eigenvalue weighted by Crippen LogP contribution is -2.56. The number of carboxylic acid groups (broad SMARTS) is 2. The Morgan fingerprint density at radius 3 is 1.92 bits per heavy atom. The summed E-state index contributed by atoms with van der Waals surface area (Å²) in [6.07, 6.45) is -2.01. The lowest BCUT2D eigenvalue weighted by Gasteiger charge is -2.40. The Morgan fingerprint density at radius 1 is 0.840 bits per heavy atom. The van der Waals surface area contributed by atoms with Gasteiger partial charge in [0.25, 0.3) is 5.60 Å². The molecule has 0 radical (unpaired) electrons. The second kappa shape index (κ2) is 17.8. The number of alkyl halides is 3. The molecular weight excluding hydrogens is 657 g/mol. The van der Waals surface area contributed by atoms with Gasteiger partial charge >= 0.3 is 30.1 Å². The molecular formula is C38H49F3O9. The molecule has 0 aliphatic heterocycles. The van der Waals surface area contributed by atoms with Gasteiger partial charge in [0.1, 0.15) is 5.41 Å². The highest BCUT2D eigenvalue weighted by molar-refractivity contribution is 5.90. The van der Waals surface area contributed by atoms with Gasteiger partial charge in [0.2, 0.25) is 0 Å². The average Bonchev–Trinajstić information content (AvgIpc) is 3.09. The molecule has 2 N–H and O–H groups in total. The minimum atomic E-state index is -5.39. The molecule has 2 aromatic carbocycles. The first-order valence-electron chi connectivity index (χ1n) is 17.3. The van der Waals surface area contributed by atoms with Gasteiger partial charge in [-0.15, -0.1) is 0 Å². The molecule has 0 amide bonds. The van der Waals surface area contributed by atoms with E-state index in [2.05, 4.69) is 6.92 Å². The van der Waals surface area contributed by atoms with Gasteiger partial charge in [-0.3, -0.25) is 9.59 Å². The quantitative estimate of drug-likeness (QED) is 0.116. The smallest absolute Gasteiger partial charge is 0.432 e. The highest BCUT2D eigenvalue weighted by Gasteiger charge is 2.65. The Labute approximate surface area is 291 Å². The van der Waals surface area contributed by atoms with Crippen LogP contribution in [0.25, 0.3) is 0 Å². The first-order chi connectivity index (χ1) is 23.7. The monoisotopic (exact) mass is 706 g/mol. The van der Waals surface area contributed by atoms with Crippen molar-refractivity contribution in [3.05, 3.63) is 71.3 Å². The number of ether oxygens (including phenoxy) is 3. The third-order valence-corrected chi connectivity index (χ3v) is 10.3. The molecule has 1 saturated carbocycles. The van der Waals surface area contributed by atoms with Crippen LogP contribution >= 0.6 is 0 Å². The fourth-order valence-corrected chi connectivity index (χ4v) is 7.15. The zero-order valence-electron chi connectivity index (χ0n) is 29.2. The van der Waals surface area contributed by atoms with Crippen molar-refractivity contribution in [1.82, 2.24) is 0 Å². The van der Waals surface area contributed by atoms with E-state index >= 15 is 0 Å². The maximum Gasteiger partial charge on any atom is 0.432 e. The second-order valence-electron chi connectivity index (χ2n) is 13.1. The molecule has 0 bridgehead atoms. The van der Waals surface area contributed by atoms with Crippen molar-refractivity contribution in [2.24, 2.45) is 11.3 Å². The van der Waals surface area contributed by atoms with Gasteiger partial charge in [-0.05, 0) is 68.1 Å². The number of carbonyl (C=O) groups is 4. The summed E-state index contributed by atoms with van der Waals surface area (Å²) in [5, 5.41) is 20.2. The number of aliphatic carboxylic acids is 2. The minimum Gasteiger partial charge on any atom is -0.481 e. The summed E-state index contributed by atoms with van der Waals surface area (Å²) >= 11 is 0. The molecule has 1 aliphatic rings. The van der Waals surface area contributed by atoms with E-state index in [9.17, 15) is 42.6 Å². The number of hydrogen-bond acceptors (Lipinski definition) is 7. The van der Waals surface area contributed by atoms with Crippen LogP contribution in [0.4, 0.5) is 13.2 Å². The van der Waals surface area contributed by atoms with Crippen LogP contribution in [0.2, 0.25) is 0 Å². The normalized spacial score (nSPS) is 19.1. The van der Waals surface area contributed by atoms with Gasteiger partial charge in [-0.2, -0.15) is 13.2 Å². The van der Waals surface area contributed by atoms with Crippen molar-refractivity contribution in [1.29, 1.82) is 0 Å². The topological polar surface area (TPSA) is 136 Å². The van der Waals surface area contributed by atoms with Crippen molar-refractivity contribution < 1.29 is 56.8 Å². The van der Waals surface area contributed by atoms with Gasteiger partial charge in [0, 0.05) is 12.7 Å². The van der Waals surface area contributed by atoms with Crippen molar-refractivity contribution in [2.75, 3.05) is 7.11 Å². The maximum atomic E-state index is 14.7. The van der Waals surface area contributed by atoms with Crippen molar-refractivity contribution >= 4 is 23.9 Å². The Kier molecular flexibility index (Phi) is 14.4. The van der Waals surface area contributed by atoms with E-state index < -0.39 is 65.3 Å². The summed E-state index contributed by atoms with van der Waals surface area (Å²) in [6, 6.07) is 12.5. The minimum absolute atomic E-state index is 0.0183. The second-order valence-corrected chi connectivity index (χ2v) is 13.1. The molecule has 0 saturated heterocycles. The predicted molar refractivity (Wildman–Crippen MR) is 178 cm³/mol. The van der Waals surface area contributed by atoms with Crippen molar-refractivity contribution in [3.8, 4) is 0 Å². The molecule has 1 fully saturated rings. The number of rotatable bonds is 18. The fraction of sp³-hybridized carbons (Fsp3) is 0.579. The summed E-state index contributed by atoms with van der Waals surface area (Å²) in [5.74, 6) is -5.20. The molecule has 3 rings (SSSR count). The molecule has 276 valence electrons. The van der Waals surface area contributed by atoms with Crippen LogP contribution in [0.3, 0.4) is 0 Å².